The lowest BCUT2D eigenvalue weighted by Crippen LogP contribution is -2.57. The number of rotatable bonds is 4. The summed E-state index contributed by atoms with van der Waals surface area (Å²) in [5, 5.41) is 0. The molecule has 0 bridgehead atoms. The number of hydrogen-bond donors (Lipinski definition) is 0. The van der Waals surface area contributed by atoms with E-state index in [0.717, 1.165) is 50.3 Å². The van der Waals surface area contributed by atoms with Crippen LogP contribution in [0.2, 0.25) is 0 Å². The molecule has 2 fully saturated rings. The molecule has 0 N–H and O–H groups in total. The van der Waals surface area contributed by atoms with E-state index in [1.165, 1.54) is 24.5 Å². The Labute approximate surface area is 158 Å². The molecule has 144 valence electrons. The largest absolute Gasteiger partial charge is 0.493 e. The Morgan fingerprint density at radius 1 is 1.07 bits per heavy atom. The topological polar surface area (TPSA) is 41.5 Å². The maximum Gasteiger partial charge on any atom is 0.225 e. The van der Waals surface area contributed by atoms with E-state index in [9.17, 15) is 8.78 Å². The lowest BCUT2D eigenvalue weighted by Gasteiger charge is -2.46. The summed E-state index contributed by atoms with van der Waals surface area (Å²) in [6.07, 6.45) is 4.63. The molecule has 27 heavy (non-hydrogen) atoms. The fourth-order valence-electron chi connectivity index (χ4n) is 4.03. The molecule has 2 aliphatic heterocycles. The van der Waals surface area contributed by atoms with Crippen molar-refractivity contribution in [3.63, 3.8) is 0 Å². The van der Waals surface area contributed by atoms with Gasteiger partial charge in [0.2, 0.25) is 5.95 Å². The first-order valence-corrected chi connectivity index (χ1v) is 9.44. The number of nitrogens with zero attached hydrogens (tertiary/aromatic N) is 4. The highest BCUT2D eigenvalue weighted by atomic mass is 19.1. The Kier molecular flexibility index (Phi) is 5.20. The minimum atomic E-state index is -0.408. The fraction of sp³-hybridized carbons (Fsp3) is 0.500. The summed E-state index contributed by atoms with van der Waals surface area (Å²) in [6.45, 7) is 6.18. The zero-order valence-electron chi connectivity index (χ0n) is 15.4. The SMILES string of the molecule is Cc1cc(F)ccc1OC[C@H]1CC[C@H]2CN(c3ncc(F)cn3)CCN2C1. The highest BCUT2D eigenvalue weighted by Crippen LogP contribution is 2.28. The molecule has 4 rings (SSSR count). The van der Waals surface area contributed by atoms with Crippen LogP contribution in [0.1, 0.15) is 18.4 Å². The van der Waals surface area contributed by atoms with Gasteiger partial charge in [-0.15, -0.1) is 0 Å². The number of benzene rings is 1. The van der Waals surface area contributed by atoms with Gasteiger partial charge in [0.15, 0.2) is 5.82 Å². The molecule has 7 heteroatoms. The molecule has 1 aromatic heterocycles. The predicted octanol–water partition coefficient (Wildman–Crippen LogP) is 3.04. The number of ether oxygens (including phenoxy) is 1. The molecule has 2 saturated heterocycles. The van der Waals surface area contributed by atoms with Crippen LogP contribution in [0.3, 0.4) is 0 Å². The summed E-state index contributed by atoms with van der Waals surface area (Å²) >= 11 is 0. The van der Waals surface area contributed by atoms with Crippen LogP contribution < -0.4 is 9.64 Å². The minimum absolute atomic E-state index is 0.233. The Balaban J connectivity index is 1.30. The summed E-state index contributed by atoms with van der Waals surface area (Å²) in [7, 11) is 0. The summed E-state index contributed by atoms with van der Waals surface area (Å²) in [4.78, 5) is 12.9. The van der Waals surface area contributed by atoms with Gasteiger partial charge in [0.1, 0.15) is 11.6 Å². The number of piperazine rings is 1. The van der Waals surface area contributed by atoms with Crippen LogP contribution in [0.25, 0.3) is 0 Å². The second-order valence-electron chi connectivity index (χ2n) is 7.46. The van der Waals surface area contributed by atoms with Gasteiger partial charge in [0.05, 0.1) is 19.0 Å². The summed E-state index contributed by atoms with van der Waals surface area (Å²) in [6, 6.07) is 5.12. The summed E-state index contributed by atoms with van der Waals surface area (Å²) in [5.74, 6) is 1.20. The maximum absolute atomic E-state index is 13.2. The first kappa shape index (κ1) is 18.1. The number of anilines is 1. The fourth-order valence-corrected chi connectivity index (χ4v) is 4.03. The molecule has 0 amide bonds. The highest BCUT2D eigenvalue weighted by molar-refractivity contribution is 5.32. The number of aromatic nitrogens is 2. The minimum Gasteiger partial charge on any atom is -0.493 e. The monoisotopic (exact) mass is 374 g/mol. The van der Waals surface area contributed by atoms with Crippen LogP contribution in [0, 0.1) is 24.5 Å². The van der Waals surface area contributed by atoms with Crippen molar-refractivity contribution in [1.82, 2.24) is 14.9 Å². The van der Waals surface area contributed by atoms with Gasteiger partial charge in [-0.2, -0.15) is 0 Å². The molecule has 1 aromatic carbocycles. The van der Waals surface area contributed by atoms with E-state index in [1.54, 1.807) is 6.07 Å². The normalized spacial score (nSPS) is 23.1. The lowest BCUT2D eigenvalue weighted by molar-refractivity contribution is 0.0724. The van der Waals surface area contributed by atoms with Crippen molar-refractivity contribution >= 4 is 5.95 Å². The zero-order chi connectivity index (χ0) is 18.8. The van der Waals surface area contributed by atoms with E-state index in [1.807, 2.05) is 6.92 Å². The van der Waals surface area contributed by atoms with E-state index in [0.29, 0.717) is 24.5 Å². The van der Waals surface area contributed by atoms with Gasteiger partial charge in [-0.25, -0.2) is 18.7 Å². The number of piperidine rings is 1. The molecule has 2 aliphatic rings. The Hall–Kier alpha value is -2.28. The molecule has 2 aromatic rings. The van der Waals surface area contributed by atoms with Crippen molar-refractivity contribution in [2.24, 2.45) is 5.92 Å². The van der Waals surface area contributed by atoms with Crippen LogP contribution in [-0.4, -0.2) is 53.7 Å². The van der Waals surface area contributed by atoms with Gasteiger partial charge in [-0.1, -0.05) is 0 Å². The van der Waals surface area contributed by atoms with Crippen molar-refractivity contribution < 1.29 is 13.5 Å². The van der Waals surface area contributed by atoms with Crippen LogP contribution in [-0.2, 0) is 0 Å². The molecule has 0 spiro atoms. The van der Waals surface area contributed by atoms with Gasteiger partial charge >= 0.3 is 0 Å². The maximum atomic E-state index is 13.2. The van der Waals surface area contributed by atoms with E-state index in [-0.39, 0.29) is 5.82 Å². The molecular formula is C20H24F2N4O. The average Bonchev–Trinajstić information content (AvgIpc) is 2.67. The predicted molar refractivity (Wildman–Crippen MR) is 98.9 cm³/mol. The van der Waals surface area contributed by atoms with Crippen molar-refractivity contribution in [3.05, 3.63) is 47.8 Å². The molecule has 0 aliphatic carbocycles. The second kappa shape index (κ2) is 7.76. The average molecular weight is 374 g/mol. The third-order valence-electron chi connectivity index (χ3n) is 5.51. The third-order valence-corrected chi connectivity index (χ3v) is 5.51. The number of hydrogen-bond acceptors (Lipinski definition) is 5. The summed E-state index contributed by atoms with van der Waals surface area (Å²) < 4.78 is 32.2. The quantitative estimate of drug-likeness (QED) is 0.823. The zero-order valence-corrected chi connectivity index (χ0v) is 15.4. The Morgan fingerprint density at radius 2 is 1.89 bits per heavy atom. The smallest absolute Gasteiger partial charge is 0.225 e. The first-order valence-electron chi connectivity index (χ1n) is 9.44. The number of aryl methyl sites for hydroxylation is 1. The molecule has 0 radical (unpaired) electrons. The van der Waals surface area contributed by atoms with Crippen molar-refractivity contribution in [2.75, 3.05) is 37.7 Å². The van der Waals surface area contributed by atoms with Crippen LogP contribution in [0.5, 0.6) is 5.75 Å². The number of fused-ring (bicyclic) bond motifs is 1. The lowest BCUT2D eigenvalue weighted by atomic mass is 9.91. The molecular weight excluding hydrogens is 350 g/mol. The van der Waals surface area contributed by atoms with Gasteiger partial charge < -0.3 is 9.64 Å². The molecule has 0 saturated carbocycles. The van der Waals surface area contributed by atoms with Gasteiger partial charge in [0.25, 0.3) is 0 Å². The van der Waals surface area contributed by atoms with Gasteiger partial charge in [-0.3, -0.25) is 4.90 Å². The van der Waals surface area contributed by atoms with Gasteiger partial charge in [-0.05, 0) is 43.5 Å². The highest BCUT2D eigenvalue weighted by Gasteiger charge is 2.33. The molecule has 5 nitrogen and oxygen atoms in total. The van der Waals surface area contributed by atoms with Crippen LogP contribution >= 0.6 is 0 Å². The van der Waals surface area contributed by atoms with Crippen LogP contribution in [0.4, 0.5) is 14.7 Å². The Morgan fingerprint density at radius 3 is 2.67 bits per heavy atom. The number of halogens is 2. The van der Waals surface area contributed by atoms with Crippen molar-refractivity contribution in [1.29, 1.82) is 0 Å². The Bertz CT molecular complexity index is 786. The summed E-state index contributed by atoms with van der Waals surface area (Å²) in [5.41, 5.74) is 0.830. The van der Waals surface area contributed by atoms with E-state index in [2.05, 4.69) is 19.8 Å². The van der Waals surface area contributed by atoms with E-state index >= 15 is 0 Å². The second-order valence-corrected chi connectivity index (χ2v) is 7.46. The molecule has 0 unspecified atom stereocenters. The molecule has 2 atom stereocenters. The molecule has 3 heterocycles. The first-order chi connectivity index (χ1) is 13.1. The van der Waals surface area contributed by atoms with Crippen molar-refractivity contribution in [2.45, 2.75) is 25.8 Å². The third kappa shape index (κ3) is 4.18. The van der Waals surface area contributed by atoms with Crippen molar-refractivity contribution in [3.8, 4) is 5.75 Å². The van der Waals surface area contributed by atoms with Crippen LogP contribution in [0.15, 0.2) is 30.6 Å². The van der Waals surface area contributed by atoms with Gasteiger partial charge in [0, 0.05) is 38.1 Å². The van der Waals surface area contributed by atoms with E-state index in [4.69, 9.17) is 4.74 Å². The standard InChI is InChI=1S/C20H24F2N4O/c1-14-8-16(21)3-5-19(14)27-13-15-2-4-18-12-26(7-6-25(18)11-15)20-23-9-17(22)10-24-20/h3,5,8-10,15,18H,2,4,6-7,11-13H2,1H3/t15-,18-/m0/s1. The van der Waals surface area contributed by atoms with E-state index < -0.39 is 5.82 Å².